The van der Waals surface area contributed by atoms with E-state index in [2.05, 4.69) is 0 Å². The number of phenols is 1. The lowest BCUT2D eigenvalue weighted by Crippen LogP contribution is -2.27. The number of aromatic hydroxyl groups is 1. The predicted molar refractivity (Wildman–Crippen MR) is 73.0 cm³/mol. The first-order chi connectivity index (χ1) is 7.82. The van der Waals surface area contributed by atoms with E-state index in [-0.39, 0.29) is 23.6 Å². The Morgan fingerprint density at radius 2 is 1.94 bits per heavy atom. The number of nitrogens with two attached hydrogens (primary N) is 1. The fraction of sp³-hybridized carbons (Fsp3) is 0.462. The fourth-order valence-corrected chi connectivity index (χ4v) is 1.60. The average molecular weight is 271 g/mol. The van der Waals surface area contributed by atoms with Gasteiger partial charge in [-0.1, -0.05) is 20.8 Å². The van der Waals surface area contributed by atoms with Crippen LogP contribution in [0, 0.1) is 16.7 Å². The summed E-state index contributed by atoms with van der Waals surface area (Å²) in [7, 11) is 1.47. The summed E-state index contributed by atoms with van der Waals surface area (Å²) in [5, 5.41) is 19.1. The van der Waals surface area contributed by atoms with Crippen molar-refractivity contribution in [3.05, 3.63) is 23.3 Å². The summed E-state index contributed by atoms with van der Waals surface area (Å²) < 4.78 is 5.03. The molecule has 0 saturated heterocycles. The number of phenolic OH excluding ortho intramolecular Hbond substituents is 1. The van der Waals surface area contributed by atoms with E-state index in [1.165, 1.54) is 7.11 Å². The first-order valence-corrected chi connectivity index (χ1v) is 5.38. The molecule has 0 aromatic heterocycles. The van der Waals surface area contributed by atoms with Crippen LogP contribution in [-0.2, 0) is 0 Å². The van der Waals surface area contributed by atoms with Gasteiger partial charge in [-0.15, -0.1) is 12.4 Å². The van der Waals surface area contributed by atoms with Crippen LogP contribution in [0.2, 0.25) is 0 Å². The summed E-state index contributed by atoms with van der Waals surface area (Å²) in [6, 6.07) is 4.78. The van der Waals surface area contributed by atoms with Gasteiger partial charge in [-0.2, -0.15) is 5.26 Å². The molecule has 0 amide bonds. The summed E-state index contributed by atoms with van der Waals surface area (Å²) in [6.07, 6.45) is 0. The van der Waals surface area contributed by atoms with E-state index in [4.69, 9.17) is 15.7 Å². The summed E-state index contributed by atoms with van der Waals surface area (Å²) in [6.45, 7) is 5.87. The second kappa shape index (κ2) is 5.94. The molecule has 0 aliphatic rings. The largest absolute Gasteiger partial charge is 0.504 e. The maximum Gasteiger partial charge on any atom is 0.163 e. The van der Waals surface area contributed by atoms with Gasteiger partial charge in [0.15, 0.2) is 11.5 Å². The molecule has 1 rings (SSSR count). The lowest BCUT2D eigenvalue weighted by atomic mass is 9.81. The van der Waals surface area contributed by atoms with Gasteiger partial charge in [0.25, 0.3) is 0 Å². The number of halogens is 1. The third-order valence-corrected chi connectivity index (χ3v) is 2.76. The highest BCUT2D eigenvalue weighted by Gasteiger charge is 2.28. The van der Waals surface area contributed by atoms with Crippen molar-refractivity contribution in [1.29, 1.82) is 5.26 Å². The molecule has 0 heterocycles. The lowest BCUT2D eigenvalue weighted by molar-refractivity contribution is 0.310. The smallest absolute Gasteiger partial charge is 0.163 e. The highest BCUT2D eigenvalue weighted by Crippen LogP contribution is 2.41. The monoisotopic (exact) mass is 270 g/mol. The van der Waals surface area contributed by atoms with Gasteiger partial charge in [-0.3, -0.25) is 0 Å². The van der Waals surface area contributed by atoms with E-state index < -0.39 is 6.04 Å². The standard InChI is InChI=1S/C13H18N2O2.ClH/c1-13(2,3)12(15)10-8(7-14)5-6-9(17-4)11(10)16;/h5-6,12,16H,15H2,1-4H3;1H/t12-;/m0./s1. The molecule has 0 fully saturated rings. The maximum absolute atomic E-state index is 10.1. The van der Waals surface area contributed by atoms with Crippen LogP contribution in [0.5, 0.6) is 11.5 Å². The minimum Gasteiger partial charge on any atom is -0.504 e. The third-order valence-electron chi connectivity index (χ3n) is 2.76. The molecular weight excluding hydrogens is 252 g/mol. The van der Waals surface area contributed by atoms with Gasteiger partial charge >= 0.3 is 0 Å². The van der Waals surface area contributed by atoms with E-state index >= 15 is 0 Å². The molecule has 5 heteroatoms. The first-order valence-electron chi connectivity index (χ1n) is 5.38. The fourth-order valence-electron chi connectivity index (χ4n) is 1.60. The number of methoxy groups -OCH3 is 1. The Hall–Kier alpha value is -1.44. The second-order valence-corrected chi connectivity index (χ2v) is 5.03. The van der Waals surface area contributed by atoms with Gasteiger partial charge < -0.3 is 15.6 Å². The van der Waals surface area contributed by atoms with Gasteiger partial charge in [0.2, 0.25) is 0 Å². The normalized spacial score (nSPS) is 12.2. The van der Waals surface area contributed by atoms with Crippen LogP contribution >= 0.6 is 12.4 Å². The van der Waals surface area contributed by atoms with Crippen LogP contribution in [0.4, 0.5) is 0 Å². The summed E-state index contributed by atoms with van der Waals surface area (Å²) in [5.41, 5.74) is 6.68. The van der Waals surface area contributed by atoms with Crippen molar-refractivity contribution in [2.24, 2.45) is 11.1 Å². The highest BCUT2D eigenvalue weighted by molar-refractivity contribution is 5.85. The van der Waals surface area contributed by atoms with Crippen molar-refractivity contribution in [3.63, 3.8) is 0 Å². The summed E-state index contributed by atoms with van der Waals surface area (Å²) >= 11 is 0. The molecule has 0 aliphatic heterocycles. The zero-order chi connectivity index (χ0) is 13.2. The lowest BCUT2D eigenvalue weighted by Gasteiger charge is -2.29. The van der Waals surface area contributed by atoms with Crippen molar-refractivity contribution < 1.29 is 9.84 Å². The number of nitrogens with zero attached hydrogens (tertiary/aromatic N) is 1. The minimum absolute atomic E-state index is 0. The summed E-state index contributed by atoms with van der Waals surface area (Å²) in [5.74, 6) is 0.285. The van der Waals surface area contributed by atoms with E-state index in [9.17, 15) is 5.11 Å². The molecule has 0 bridgehead atoms. The van der Waals surface area contributed by atoms with E-state index in [0.717, 1.165) is 0 Å². The number of hydrogen-bond acceptors (Lipinski definition) is 4. The van der Waals surface area contributed by atoms with Gasteiger partial charge in [-0.25, -0.2) is 0 Å². The molecule has 18 heavy (non-hydrogen) atoms. The van der Waals surface area contributed by atoms with E-state index in [1.54, 1.807) is 12.1 Å². The Morgan fingerprint density at radius 1 is 1.39 bits per heavy atom. The van der Waals surface area contributed by atoms with Crippen molar-refractivity contribution in [2.75, 3.05) is 7.11 Å². The molecule has 1 aromatic carbocycles. The van der Waals surface area contributed by atoms with Gasteiger partial charge in [0, 0.05) is 11.6 Å². The highest BCUT2D eigenvalue weighted by atomic mass is 35.5. The van der Waals surface area contributed by atoms with Gasteiger partial charge in [0.1, 0.15) is 0 Å². The molecule has 0 unspecified atom stereocenters. The zero-order valence-electron chi connectivity index (χ0n) is 11.0. The molecule has 0 aliphatic carbocycles. The van der Waals surface area contributed by atoms with Gasteiger partial charge in [-0.05, 0) is 17.5 Å². The number of nitriles is 1. The molecule has 0 saturated carbocycles. The van der Waals surface area contributed by atoms with Crippen LogP contribution in [0.25, 0.3) is 0 Å². The van der Waals surface area contributed by atoms with Crippen molar-refractivity contribution in [2.45, 2.75) is 26.8 Å². The Labute approximate surface area is 114 Å². The molecule has 0 radical (unpaired) electrons. The minimum atomic E-state index is -0.438. The van der Waals surface area contributed by atoms with Crippen LogP contribution < -0.4 is 10.5 Å². The van der Waals surface area contributed by atoms with Crippen LogP contribution in [-0.4, -0.2) is 12.2 Å². The molecular formula is C13H19ClN2O2. The van der Waals surface area contributed by atoms with E-state index in [0.29, 0.717) is 16.9 Å². The third kappa shape index (κ3) is 3.06. The number of ether oxygens (including phenoxy) is 1. The van der Waals surface area contributed by atoms with Crippen LogP contribution in [0.1, 0.15) is 37.9 Å². The van der Waals surface area contributed by atoms with Crippen molar-refractivity contribution >= 4 is 12.4 Å². The molecule has 0 spiro atoms. The van der Waals surface area contributed by atoms with Crippen molar-refractivity contribution in [3.8, 4) is 17.6 Å². The first kappa shape index (κ1) is 16.6. The maximum atomic E-state index is 10.1. The van der Waals surface area contributed by atoms with E-state index in [1.807, 2.05) is 26.8 Å². The SMILES string of the molecule is COc1ccc(C#N)c([C@H](N)C(C)(C)C)c1O.Cl. The quantitative estimate of drug-likeness (QED) is 0.866. The molecule has 1 aromatic rings. The number of benzene rings is 1. The number of rotatable bonds is 2. The molecule has 3 N–H and O–H groups in total. The van der Waals surface area contributed by atoms with Crippen LogP contribution in [0.3, 0.4) is 0 Å². The Kier molecular flexibility index (Phi) is 5.47. The van der Waals surface area contributed by atoms with Crippen molar-refractivity contribution in [1.82, 2.24) is 0 Å². The second-order valence-electron chi connectivity index (χ2n) is 5.03. The molecule has 100 valence electrons. The topological polar surface area (TPSA) is 79.3 Å². The summed E-state index contributed by atoms with van der Waals surface area (Å²) in [4.78, 5) is 0. The van der Waals surface area contributed by atoms with Gasteiger partial charge in [0.05, 0.1) is 18.7 Å². The Bertz CT molecular complexity index is 461. The number of hydrogen-bond donors (Lipinski definition) is 2. The Balaban J connectivity index is 0.00000289. The Morgan fingerprint density at radius 3 is 2.33 bits per heavy atom. The average Bonchev–Trinajstić information content (AvgIpc) is 2.26. The zero-order valence-corrected chi connectivity index (χ0v) is 11.8. The molecule has 1 atom stereocenters. The molecule has 4 nitrogen and oxygen atoms in total. The van der Waals surface area contributed by atoms with Crippen LogP contribution in [0.15, 0.2) is 12.1 Å². The predicted octanol–water partition coefficient (Wildman–Crippen LogP) is 2.74.